The zero-order valence-corrected chi connectivity index (χ0v) is 12.8. The van der Waals surface area contributed by atoms with Gasteiger partial charge < -0.3 is 10.6 Å². The summed E-state index contributed by atoms with van der Waals surface area (Å²) in [6, 6.07) is 9.98. The van der Waals surface area contributed by atoms with Crippen LogP contribution < -0.4 is 5.73 Å². The predicted molar refractivity (Wildman–Crippen MR) is 85.0 cm³/mol. The van der Waals surface area contributed by atoms with Gasteiger partial charge in [-0.15, -0.1) is 0 Å². The van der Waals surface area contributed by atoms with E-state index >= 15 is 0 Å². The summed E-state index contributed by atoms with van der Waals surface area (Å²) >= 11 is 0. The highest BCUT2D eigenvalue weighted by Crippen LogP contribution is 2.44. The van der Waals surface area contributed by atoms with Gasteiger partial charge >= 0.3 is 0 Å². The van der Waals surface area contributed by atoms with Gasteiger partial charge in [0.05, 0.1) is 5.92 Å². The summed E-state index contributed by atoms with van der Waals surface area (Å²) in [6.07, 6.45) is 7.82. The van der Waals surface area contributed by atoms with Crippen molar-refractivity contribution >= 4 is 5.91 Å². The molecule has 1 heterocycles. The largest absolute Gasteiger partial charge is 0.342 e. The summed E-state index contributed by atoms with van der Waals surface area (Å²) in [5.74, 6) is 0.0519. The molecule has 2 N–H and O–H groups in total. The van der Waals surface area contributed by atoms with Gasteiger partial charge in [0.15, 0.2) is 0 Å². The normalized spacial score (nSPS) is 22.4. The molecule has 1 spiro atoms. The van der Waals surface area contributed by atoms with Crippen molar-refractivity contribution in [2.75, 3.05) is 19.6 Å². The molecule has 1 aliphatic heterocycles. The first-order chi connectivity index (χ1) is 10.2. The summed E-state index contributed by atoms with van der Waals surface area (Å²) in [7, 11) is 0. The van der Waals surface area contributed by atoms with E-state index in [1.807, 2.05) is 30.3 Å². The molecule has 3 rings (SSSR count). The Balaban J connectivity index is 1.70. The standard InChI is InChI=1S/C18H26N2O/c19-13-16(15-7-3-1-4-8-15)17(21)20-12-11-18(14-20)9-5-2-6-10-18/h1,3-4,7-8,16H,2,5-6,9-14,19H2. The number of nitrogens with two attached hydrogens (primary N) is 1. The van der Waals surface area contributed by atoms with Crippen LogP contribution in [0.1, 0.15) is 50.0 Å². The Morgan fingerprint density at radius 3 is 2.52 bits per heavy atom. The van der Waals surface area contributed by atoms with Crippen molar-refractivity contribution in [3.8, 4) is 0 Å². The lowest BCUT2D eigenvalue weighted by Gasteiger charge is -2.33. The summed E-state index contributed by atoms with van der Waals surface area (Å²) in [5, 5.41) is 0. The molecule has 3 nitrogen and oxygen atoms in total. The molecule has 1 aromatic carbocycles. The molecule has 1 aliphatic carbocycles. The molecule has 1 amide bonds. The van der Waals surface area contributed by atoms with Crippen molar-refractivity contribution in [3.63, 3.8) is 0 Å². The van der Waals surface area contributed by atoms with Crippen LogP contribution in [0.2, 0.25) is 0 Å². The van der Waals surface area contributed by atoms with E-state index in [4.69, 9.17) is 5.73 Å². The van der Waals surface area contributed by atoms with Crippen LogP contribution in [0.25, 0.3) is 0 Å². The first-order valence-corrected chi connectivity index (χ1v) is 8.28. The molecule has 1 saturated carbocycles. The molecule has 1 aromatic rings. The van der Waals surface area contributed by atoms with E-state index < -0.39 is 0 Å². The molecular weight excluding hydrogens is 260 g/mol. The van der Waals surface area contributed by atoms with E-state index in [-0.39, 0.29) is 11.8 Å². The van der Waals surface area contributed by atoms with Crippen molar-refractivity contribution in [3.05, 3.63) is 35.9 Å². The fraction of sp³-hybridized carbons (Fsp3) is 0.611. The minimum atomic E-state index is -0.176. The number of hydrogen-bond acceptors (Lipinski definition) is 2. The number of likely N-dealkylation sites (tertiary alicyclic amines) is 1. The van der Waals surface area contributed by atoms with Crippen molar-refractivity contribution in [2.45, 2.75) is 44.4 Å². The van der Waals surface area contributed by atoms with Crippen molar-refractivity contribution in [1.29, 1.82) is 0 Å². The van der Waals surface area contributed by atoms with Gasteiger partial charge in [-0.1, -0.05) is 49.6 Å². The quantitative estimate of drug-likeness (QED) is 0.928. The Morgan fingerprint density at radius 1 is 1.14 bits per heavy atom. The summed E-state index contributed by atoms with van der Waals surface area (Å²) in [5.41, 5.74) is 7.37. The van der Waals surface area contributed by atoms with E-state index in [2.05, 4.69) is 4.90 Å². The smallest absolute Gasteiger partial charge is 0.231 e. The van der Waals surface area contributed by atoms with Crippen molar-refractivity contribution in [1.82, 2.24) is 4.90 Å². The molecule has 0 aromatic heterocycles. The first kappa shape index (κ1) is 14.6. The molecule has 0 bridgehead atoms. The van der Waals surface area contributed by atoms with Gasteiger partial charge in [0.2, 0.25) is 5.91 Å². The molecule has 2 aliphatic rings. The molecule has 2 fully saturated rings. The monoisotopic (exact) mass is 286 g/mol. The van der Waals surface area contributed by atoms with Crippen LogP contribution in [0.15, 0.2) is 30.3 Å². The second-order valence-electron chi connectivity index (χ2n) is 6.77. The third-order valence-electron chi connectivity index (χ3n) is 5.40. The summed E-state index contributed by atoms with van der Waals surface area (Å²) < 4.78 is 0. The molecule has 0 radical (unpaired) electrons. The highest BCUT2D eigenvalue weighted by molar-refractivity contribution is 5.84. The lowest BCUT2D eigenvalue weighted by molar-refractivity contribution is -0.132. The van der Waals surface area contributed by atoms with Gasteiger partial charge in [-0.2, -0.15) is 0 Å². The third-order valence-corrected chi connectivity index (χ3v) is 5.40. The van der Waals surface area contributed by atoms with Crippen LogP contribution >= 0.6 is 0 Å². The Morgan fingerprint density at radius 2 is 1.86 bits per heavy atom. The van der Waals surface area contributed by atoms with Crippen LogP contribution in [0, 0.1) is 5.41 Å². The average molecular weight is 286 g/mol. The second-order valence-corrected chi connectivity index (χ2v) is 6.77. The van der Waals surface area contributed by atoms with Crippen molar-refractivity contribution < 1.29 is 4.79 Å². The number of carbonyl (C=O) groups is 1. The Labute approximate surface area is 127 Å². The summed E-state index contributed by atoms with van der Waals surface area (Å²) in [6.45, 7) is 2.27. The van der Waals surface area contributed by atoms with Crippen LogP contribution in [-0.2, 0) is 4.79 Å². The topological polar surface area (TPSA) is 46.3 Å². The maximum absolute atomic E-state index is 12.8. The van der Waals surface area contributed by atoms with E-state index in [1.54, 1.807) is 0 Å². The second kappa shape index (κ2) is 6.18. The average Bonchev–Trinajstić information content (AvgIpc) is 2.93. The van der Waals surface area contributed by atoms with Gasteiger partial charge in [0.1, 0.15) is 0 Å². The number of benzene rings is 1. The fourth-order valence-corrected chi connectivity index (χ4v) is 4.12. The van der Waals surface area contributed by atoms with E-state index in [0.29, 0.717) is 12.0 Å². The van der Waals surface area contributed by atoms with Gasteiger partial charge in [0.25, 0.3) is 0 Å². The Hall–Kier alpha value is -1.35. The number of rotatable bonds is 3. The summed E-state index contributed by atoms with van der Waals surface area (Å²) in [4.78, 5) is 14.9. The third kappa shape index (κ3) is 2.98. The van der Waals surface area contributed by atoms with Gasteiger partial charge in [0, 0.05) is 19.6 Å². The van der Waals surface area contributed by atoms with Gasteiger partial charge in [-0.05, 0) is 30.2 Å². The lowest BCUT2D eigenvalue weighted by Crippen LogP contribution is -2.38. The highest BCUT2D eigenvalue weighted by atomic mass is 16.2. The van der Waals surface area contributed by atoms with Gasteiger partial charge in [-0.3, -0.25) is 4.79 Å². The maximum Gasteiger partial charge on any atom is 0.231 e. The number of carbonyl (C=O) groups excluding carboxylic acids is 1. The fourth-order valence-electron chi connectivity index (χ4n) is 4.12. The number of amides is 1. The van der Waals surface area contributed by atoms with Gasteiger partial charge in [-0.25, -0.2) is 0 Å². The molecule has 1 unspecified atom stereocenters. The predicted octanol–water partition coefficient (Wildman–Crippen LogP) is 2.91. The zero-order valence-electron chi connectivity index (χ0n) is 12.8. The number of nitrogens with zero attached hydrogens (tertiary/aromatic N) is 1. The molecule has 3 heteroatoms. The molecule has 21 heavy (non-hydrogen) atoms. The molecular formula is C18H26N2O. The Bertz CT molecular complexity index is 479. The minimum absolute atomic E-state index is 0.176. The minimum Gasteiger partial charge on any atom is -0.342 e. The first-order valence-electron chi connectivity index (χ1n) is 8.28. The SMILES string of the molecule is NCC(C(=O)N1CCC2(CCCCC2)C1)c1ccccc1. The molecule has 1 saturated heterocycles. The lowest BCUT2D eigenvalue weighted by atomic mass is 9.73. The van der Waals surface area contributed by atoms with Crippen LogP contribution in [0.3, 0.4) is 0 Å². The van der Waals surface area contributed by atoms with E-state index in [0.717, 1.165) is 18.7 Å². The van der Waals surface area contributed by atoms with E-state index in [1.165, 1.54) is 38.5 Å². The zero-order chi connectivity index (χ0) is 14.7. The maximum atomic E-state index is 12.8. The molecule has 1 atom stereocenters. The van der Waals surface area contributed by atoms with Crippen LogP contribution in [0.4, 0.5) is 0 Å². The Kier molecular flexibility index (Phi) is 4.29. The highest BCUT2D eigenvalue weighted by Gasteiger charge is 2.41. The van der Waals surface area contributed by atoms with Crippen molar-refractivity contribution in [2.24, 2.45) is 11.1 Å². The van der Waals surface area contributed by atoms with Crippen LogP contribution in [0.5, 0.6) is 0 Å². The molecule has 114 valence electrons. The van der Waals surface area contributed by atoms with Crippen LogP contribution in [-0.4, -0.2) is 30.4 Å². The van der Waals surface area contributed by atoms with E-state index in [9.17, 15) is 4.79 Å². The number of hydrogen-bond donors (Lipinski definition) is 1.